The molecule has 0 aromatic carbocycles. The van der Waals surface area contributed by atoms with Crippen LogP contribution in [0.5, 0.6) is 0 Å². The van der Waals surface area contributed by atoms with E-state index in [0.717, 1.165) is 6.42 Å². The molecule has 0 fully saturated rings. The third-order valence-electron chi connectivity index (χ3n) is 3.38. The van der Waals surface area contributed by atoms with Gasteiger partial charge in [0.05, 0.1) is 0 Å². The van der Waals surface area contributed by atoms with Crippen molar-refractivity contribution < 1.29 is 21.9 Å². The van der Waals surface area contributed by atoms with Crippen molar-refractivity contribution in [2.75, 3.05) is 0 Å². The summed E-state index contributed by atoms with van der Waals surface area (Å²) in [6.07, 6.45) is 20.2. The molecule has 0 aliphatic rings. The normalized spacial score (nSPS) is 10.1. The van der Waals surface area contributed by atoms with E-state index in [0.29, 0.717) is 6.42 Å². The van der Waals surface area contributed by atoms with Crippen molar-refractivity contribution in [2.24, 2.45) is 0 Å². The monoisotopic (exact) mass is 302 g/mol. The minimum Gasteiger partial charge on any atom is -0.542 e. The third kappa shape index (κ3) is 18.6. The zero-order valence-corrected chi connectivity index (χ0v) is 13.1. The Balaban J connectivity index is 0. The molecular formula is C16H31CuO. The molecule has 0 saturated carbocycles. The summed E-state index contributed by atoms with van der Waals surface area (Å²) < 4.78 is 0. The minimum atomic E-state index is 0. The van der Waals surface area contributed by atoms with Gasteiger partial charge in [-0.3, -0.25) is 6.29 Å². The topological polar surface area (TPSA) is 17.1 Å². The molecule has 0 N–H and O–H groups in total. The van der Waals surface area contributed by atoms with Crippen LogP contribution in [-0.2, 0) is 21.9 Å². The van der Waals surface area contributed by atoms with E-state index in [1.54, 1.807) is 0 Å². The maximum absolute atomic E-state index is 9.98. The smallest absolute Gasteiger partial charge is 0.542 e. The van der Waals surface area contributed by atoms with Crippen LogP contribution < -0.4 is 0 Å². The summed E-state index contributed by atoms with van der Waals surface area (Å²) in [5, 5.41) is 0. The molecule has 0 saturated heterocycles. The van der Waals surface area contributed by atoms with Gasteiger partial charge in [-0.2, -0.15) is 6.42 Å². The average molecular weight is 303 g/mol. The molecule has 0 aromatic rings. The molecule has 0 rings (SSSR count). The Kier molecular flexibility index (Phi) is 22.2. The Morgan fingerprint density at radius 2 is 0.944 bits per heavy atom. The summed E-state index contributed by atoms with van der Waals surface area (Å²) in [5.41, 5.74) is 0. The molecule has 0 spiro atoms. The third-order valence-corrected chi connectivity index (χ3v) is 3.38. The number of hydrogen-bond donors (Lipinski definition) is 0. The molecule has 2 heteroatoms. The Hall–Kier alpha value is 0.189. The SMILES string of the molecule is CCCCCCCCCCCCCCC[C-]=O.[Cu+]. The molecular weight excluding hydrogens is 272 g/mol. The first-order valence-corrected chi connectivity index (χ1v) is 7.76. The molecule has 0 aromatic heterocycles. The van der Waals surface area contributed by atoms with Crippen molar-refractivity contribution in [3.63, 3.8) is 0 Å². The summed E-state index contributed by atoms with van der Waals surface area (Å²) >= 11 is 0. The first-order valence-electron chi connectivity index (χ1n) is 7.76. The van der Waals surface area contributed by atoms with Crippen LogP contribution >= 0.6 is 0 Å². The second kappa shape index (κ2) is 19.5. The van der Waals surface area contributed by atoms with Crippen molar-refractivity contribution in [3.8, 4) is 0 Å². The first kappa shape index (κ1) is 20.5. The molecule has 0 unspecified atom stereocenters. The fourth-order valence-corrected chi connectivity index (χ4v) is 2.21. The number of rotatable bonds is 14. The van der Waals surface area contributed by atoms with E-state index in [-0.39, 0.29) is 17.1 Å². The van der Waals surface area contributed by atoms with E-state index in [1.807, 2.05) is 6.29 Å². The van der Waals surface area contributed by atoms with Gasteiger partial charge >= 0.3 is 17.1 Å². The van der Waals surface area contributed by atoms with Crippen molar-refractivity contribution in [1.29, 1.82) is 0 Å². The van der Waals surface area contributed by atoms with Gasteiger partial charge in [-0.25, -0.2) is 0 Å². The second-order valence-electron chi connectivity index (χ2n) is 5.14. The molecule has 18 heavy (non-hydrogen) atoms. The maximum atomic E-state index is 9.98. The molecule has 0 atom stereocenters. The predicted octanol–water partition coefficient (Wildman–Crippen LogP) is 5.57. The van der Waals surface area contributed by atoms with Gasteiger partial charge in [-0.15, -0.1) is 0 Å². The standard InChI is InChI=1S/C16H31O.Cu/c1-2-3-4-5-6-7-8-9-10-11-12-13-14-15-16-17;/h2-15H2,1H3;/q-1;+1. The molecule has 0 radical (unpaired) electrons. The van der Waals surface area contributed by atoms with Crippen molar-refractivity contribution in [1.82, 2.24) is 0 Å². The van der Waals surface area contributed by atoms with Crippen LogP contribution in [0.15, 0.2) is 0 Å². The Morgan fingerprint density at radius 3 is 1.28 bits per heavy atom. The Morgan fingerprint density at radius 1 is 0.611 bits per heavy atom. The van der Waals surface area contributed by atoms with Crippen molar-refractivity contribution in [3.05, 3.63) is 0 Å². The number of carbonyl (C=O) groups excluding carboxylic acids is 1. The van der Waals surface area contributed by atoms with Gasteiger partial charge in [-0.1, -0.05) is 90.4 Å². The van der Waals surface area contributed by atoms with Gasteiger partial charge < -0.3 is 4.79 Å². The maximum Gasteiger partial charge on any atom is 1.00 e. The molecule has 0 bridgehead atoms. The van der Waals surface area contributed by atoms with E-state index < -0.39 is 0 Å². The van der Waals surface area contributed by atoms with E-state index in [2.05, 4.69) is 6.92 Å². The summed E-state index contributed by atoms with van der Waals surface area (Å²) in [7, 11) is 0. The molecule has 0 amide bonds. The van der Waals surface area contributed by atoms with Gasteiger partial charge in [0, 0.05) is 0 Å². The van der Waals surface area contributed by atoms with E-state index in [4.69, 9.17) is 0 Å². The van der Waals surface area contributed by atoms with Crippen LogP contribution in [0.2, 0.25) is 0 Å². The van der Waals surface area contributed by atoms with Crippen LogP contribution in [-0.4, -0.2) is 6.29 Å². The van der Waals surface area contributed by atoms with Crippen molar-refractivity contribution in [2.45, 2.75) is 96.8 Å². The first-order chi connectivity index (χ1) is 8.41. The van der Waals surface area contributed by atoms with Gasteiger partial charge in [0.2, 0.25) is 0 Å². The number of unbranched alkanes of at least 4 members (excludes halogenated alkanes) is 13. The summed E-state index contributed by atoms with van der Waals surface area (Å²) in [6, 6.07) is 0. The molecule has 0 aliphatic carbocycles. The van der Waals surface area contributed by atoms with Crippen LogP contribution in [0.25, 0.3) is 0 Å². The average Bonchev–Trinajstić information content (AvgIpc) is 2.35. The van der Waals surface area contributed by atoms with E-state index in [1.165, 1.54) is 77.0 Å². The zero-order valence-electron chi connectivity index (χ0n) is 12.1. The molecule has 1 nitrogen and oxygen atoms in total. The summed E-state index contributed by atoms with van der Waals surface area (Å²) in [4.78, 5) is 9.98. The van der Waals surface area contributed by atoms with Crippen LogP contribution in [0.4, 0.5) is 0 Å². The van der Waals surface area contributed by atoms with Crippen LogP contribution in [0.1, 0.15) is 96.8 Å². The largest absolute Gasteiger partial charge is 1.00 e. The predicted molar refractivity (Wildman–Crippen MR) is 76.0 cm³/mol. The van der Waals surface area contributed by atoms with E-state index >= 15 is 0 Å². The number of hydrogen-bond acceptors (Lipinski definition) is 1. The van der Waals surface area contributed by atoms with Gasteiger partial charge in [0.25, 0.3) is 0 Å². The van der Waals surface area contributed by atoms with Gasteiger partial charge in [0.1, 0.15) is 0 Å². The van der Waals surface area contributed by atoms with Crippen molar-refractivity contribution >= 4 is 6.29 Å². The summed E-state index contributed by atoms with van der Waals surface area (Å²) in [6.45, 7) is 2.27. The second-order valence-corrected chi connectivity index (χ2v) is 5.14. The minimum absolute atomic E-state index is 0. The van der Waals surface area contributed by atoms with Crippen LogP contribution in [0, 0.1) is 0 Å². The molecule has 0 heterocycles. The molecule has 112 valence electrons. The fraction of sp³-hybridized carbons (Fsp3) is 0.938. The quantitative estimate of drug-likeness (QED) is 0.233. The Bertz CT molecular complexity index is 148. The zero-order chi connectivity index (χ0) is 12.6. The van der Waals surface area contributed by atoms with Gasteiger partial charge in [0.15, 0.2) is 0 Å². The van der Waals surface area contributed by atoms with Crippen LogP contribution in [0.3, 0.4) is 0 Å². The van der Waals surface area contributed by atoms with E-state index in [9.17, 15) is 4.79 Å². The van der Waals surface area contributed by atoms with Gasteiger partial charge in [-0.05, 0) is 0 Å². The fourth-order valence-electron chi connectivity index (χ4n) is 2.21. The Labute approximate surface area is 125 Å². The molecule has 0 aliphatic heterocycles. The summed E-state index contributed by atoms with van der Waals surface area (Å²) in [5.74, 6) is 0.